The van der Waals surface area contributed by atoms with Crippen molar-refractivity contribution in [2.75, 3.05) is 16.8 Å². The largest absolute Gasteiger partial charge is 0.312 e. The number of carbonyl (C=O) groups excluding carboxylic acids is 2. The molecule has 1 atom stereocenters. The Bertz CT molecular complexity index is 1040. The number of amides is 2. The number of hydrogen-bond acceptors (Lipinski definition) is 4. The highest BCUT2D eigenvalue weighted by atomic mass is 16.2. The van der Waals surface area contributed by atoms with Crippen molar-refractivity contribution in [3.8, 4) is 0 Å². The molecule has 1 N–H and O–H groups in total. The van der Waals surface area contributed by atoms with Gasteiger partial charge in [0.2, 0.25) is 11.8 Å². The van der Waals surface area contributed by atoms with Crippen LogP contribution in [0.15, 0.2) is 60.9 Å². The van der Waals surface area contributed by atoms with Crippen LogP contribution in [0.2, 0.25) is 0 Å². The van der Waals surface area contributed by atoms with Crippen LogP contribution < -0.4 is 10.2 Å². The lowest BCUT2D eigenvalue weighted by atomic mass is 10.0. The summed E-state index contributed by atoms with van der Waals surface area (Å²) in [6, 6.07) is 15.4. The van der Waals surface area contributed by atoms with Crippen LogP contribution in [0.4, 0.5) is 11.5 Å². The van der Waals surface area contributed by atoms with E-state index < -0.39 is 5.92 Å². The smallest absolute Gasteiger partial charge is 0.231 e. The lowest BCUT2D eigenvalue weighted by molar-refractivity contribution is -0.122. The fourth-order valence-electron chi connectivity index (χ4n) is 3.59. The Hall–Kier alpha value is -3.48. The number of nitrogens with one attached hydrogen (secondary N) is 1. The van der Waals surface area contributed by atoms with Gasteiger partial charge >= 0.3 is 0 Å². The molecule has 1 saturated heterocycles. The Morgan fingerprint density at radius 2 is 2.07 bits per heavy atom. The van der Waals surface area contributed by atoms with Gasteiger partial charge in [0.05, 0.1) is 18.2 Å². The Balaban J connectivity index is 1.39. The summed E-state index contributed by atoms with van der Waals surface area (Å²) >= 11 is 0. The lowest BCUT2D eigenvalue weighted by Crippen LogP contribution is -2.28. The van der Waals surface area contributed by atoms with Crippen LogP contribution in [0.25, 0.3) is 0 Å². The summed E-state index contributed by atoms with van der Waals surface area (Å²) < 4.78 is 1.72. The minimum absolute atomic E-state index is 0.0308. The fraction of sp³-hybridized carbons (Fsp3) is 0.304. The van der Waals surface area contributed by atoms with E-state index in [4.69, 9.17) is 0 Å². The Labute approximate surface area is 175 Å². The molecule has 2 amide bonds. The van der Waals surface area contributed by atoms with Crippen molar-refractivity contribution < 1.29 is 9.59 Å². The van der Waals surface area contributed by atoms with Crippen LogP contribution in [0.5, 0.6) is 0 Å². The highest BCUT2D eigenvalue weighted by molar-refractivity contribution is 6.03. The normalized spacial score (nSPS) is 16.3. The molecule has 0 aliphatic carbocycles. The zero-order valence-corrected chi connectivity index (χ0v) is 17.2. The van der Waals surface area contributed by atoms with Crippen LogP contribution in [0.3, 0.4) is 0 Å². The maximum Gasteiger partial charge on any atom is 0.231 e. The van der Waals surface area contributed by atoms with Crippen molar-refractivity contribution in [1.29, 1.82) is 0 Å². The molecule has 0 radical (unpaired) electrons. The van der Waals surface area contributed by atoms with Gasteiger partial charge in [0.15, 0.2) is 5.82 Å². The number of aromatic nitrogens is 3. The van der Waals surface area contributed by atoms with Crippen molar-refractivity contribution >= 4 is 23.3 Å². The van der Waals surface area contributed by atoms with E-state index in [1.165, 1.54) is 5.56 Å². The SMILES string of the molecule is CC(C)c1cccc(N2CC(C(=O)Nc3ccn(Cc4ccccn4)n3)CC2=O)c1. The molecule has 3 aromatic rings. The predicted molar refractivity (Wildman–Crippen MR) is 115 cm³/mol. The minimum atomic E-state index is -0.402. The van der Waals surface area contributed by atoms with Crippen molar-refractivity contribution in [2.45, 2.75) is 32.7 Å². The summed E-state index contributed by atoms with van der Waals surface area (Å²) in [7, 11) is 0. The minimum Gasteiger partial charge on any atom is -0.312 e. The first-order chi connectivity index (χ1) is 14.5. The van der Waals surface area contributed by atoms with Gasteiger partial charge in [0, 0.05) is 37.1 Å². The summed E-state index contributed by atoms with van der Waals surface area (Å²) in [5.74, 6) is 0.235. The summed E-state index contributed by atoms with van der Waals surface area (Å²) in [5.41, 5.74) is 2.91. The molecule has 0 saturated carbocycles. The number of hydrogen-bond donors (Lipinski definition) is 1. The molecular formula is C23H25N5O2. The first kappa shape index (κ1) is 19.8. The van der Waals surface area contributed by atoms with Crippen LogP contribution in [-0.2, 0) is 16.1 Å². The van der Waals surface area contributed by atoms with Gasteiger partial charge in [-0.3, -0.25) is 19.3 Å². The average molecular weight is 403 g/mol. The predicted octanol–water partition coefficient (Wildman–Crippen LogP) is 3.44. The molecule has 1 unspecified atom stereocenters. The van der Waals surface area contributed by atoms with Crippen LogP contribution in [0.1, 0.15) is 37.4 Å². The van der Waals surface area contributed by atoms with Crippen molar-refractivity contribution in [2.24, 2.45) is 5.92 Å². The van der Waals surface area contributed by atoms with Crippen LogP contribution in [-0.4, -0.2) is 33.1 Å². The van der Waals surface area contributed by atoms with E-state index in [-0.39, 0.29) is 18.2 Å². The first-order valence-electron chi connectivity index (χ1n) is 10.1. The number of anilines is 2. The van der Waals surface area contributed by atoms with Gasteiger partial charge in [-0.25, -0.2) is 0 Å². The number of rotatable bonds is 6. The molecule has 2 aromatic heterocycles. The summed E-state index contributed by atoms with van der Waals surface area (Å²) in [6.45, 7) is 5.14. The standard InChI is InChI=1S/C23H25N5O2/c1-16(2)17-6-5-8-20(12-17)28-14-18(13-22(28)29)23(30)25-21-9-11-27(26-21)15-19-7-3-4-10-24-19/h3-12,16,18H,13-15H2,1-2H3,(H,25,26,30). The molecule has 4 rings (SSSR count). The van der Waals surface area contributed by atoms with Crippen molar-refractivity contribution in [3.63, 3.8) is 0 Å². The third-order valence-electron chi connectivity index (χ3n) is 5.29. The number of carbonyl (C=O) groups is 2. The lowest BCUT2D eigenvalue weighted by Gasteiger charge is -2.18. The second-order valence-electron chi connectivity index (χ2n) is 7.86. The third kappa shape index (κ3) is 4.40. The van der Waals surface area contributed by atoms with Gasteiger partial charge in [-0.05, 0) is 35.7 Å². The first-order valence-corrected chi connectivity index (χ1v) is 10.1. The van der Waals surface area contributed by atoms with E-state index in [1.807, 2.05) is 36.4 Å². The number of nitrogens with zero attached hydrogens (tertiary/aromatic N) is 4. The highest BCUT2D eigenvalue weighted by Gasteiger charge is 2.35. The van der Waals surface area contributed by atoms with E-state index >= 15 is 0 Å². The maximum atomic E-state index is 12.7. The van der Waals surface area contributed by atoms with Crippen molar-refractivity contribution in [3.05, 3.63) is 72.2 Å². The van der Waals surface area contributed by atoms with Gasteiger partial charge in [0.25, 0.3) is 0 Å². The molecule has 7 nitrogen and oxygen atoms in total. The van der Waals surface area contributed by atoms with E-state index in [9.17, 15) is 9.59 Å². The Kier molecular flexibility index (Phi) is 5.61. The van der Waals surface area contributed by atoms with E-state index in [0.717, 1.165) is 11.4 Å². The van der Waals surface area contributed by atoms with Gasteiger partial charge in [-0.15, -0.1) is 0 Å². The Morgan fingerprint density at radius 3 is 2.83 bits per heavy atom. The molecule has 30 heavy (non-hydrogen) atoms. The van der Waals surface area contributed by atoms with Gasteiger partial charge in [-0.1, -0.05) is 32.0 Å². The molecule has 1 aliphatic heterocycles. The number of benzene rings is 1. The monoisotopic (exact) mass is 403 g/mol. The summed E-state index contributed by atoms with van der Waals surface area (Å²) in [5, 5.41) is 7.23. The molecule has 1 aromatic carbocycles. The second kappa shape index (κ2) is 8.49. The third-order valence-corrected chi connectivity index (χ3v) is 5.29. The molecule has 0 bridgehead atoms. The van der Waals surface area contributed by atoms with E-state index in [2.05, 4.69) is 35.3 Å². The van der Waals surface area contributed by atoms with Gasteiger partial charge in [-0.2, -0.15) is 5.10 Å². The van der Waals surface area contributed by atoms with Gasteiger partial charge in [0.1, 0.15) is 0 Å². The molecule has 7 heteroatoms. The molecule has 1 fully saturated rings. The van der Waals surface area contributed by atoms with Crippen LogP contribution in [0, 0.1) is 5.92 Å². The topological polar surface area (TPSA) is 80.1 Å². The second-order valence-corrected chi connectivity index (χ2v) is 7.86. The van der Waals surface area contributed by atoms with E-state index in [1.54, 1.807) is 28.0 Å². The zero-order valence-electron chi connectivity index (χ0n) is 17.2. The van der Waals surface area contributed by atoms with Crippen molar-refractivity contribution in [1.82, 2.24) is 14.8 Å². The zero-order chi connectivity index (χ0) is 21.1. The highest BCUT2D eigenvalue weighted by Crippen LogP contribution is 2.28. The van der Waals surface area contributed by atoms with Gasteiger partial charge < -0.3 is 10.2 Å². The molecule has 3 heterocycles. The van der Waals surface area contributed by atoms with E-state index in [0.29, 0.717) is 24.8 Å². The summed E-state index contributed by atoms with van der Waals surface area (Å²) in [4.78, 5) is 31.3. The van der Waals surface area contributed by atoms with Crippen LogP contribution >= 0.6 is 0 Å². The Morgan fingerprint density at radius 1 is 1.20 bits per heavy atom. The maximum absolute atomic E-state index is 12.7. The summed E-state index contributed by atoms with van der Waals surface area (Å²) in [6.07, 6.45) is 3.74. The number of pyridine rings is 1. The molecule has 1 aliphatic rings. The average Bonchev–Trinajstić information content (AvgIpc) is 3.35. The quantitative estimate of drug-likeness (QED) is 0.684. The molecule has 154 valence electrons. The fourth-order valence-corrected chi connectivity index (χ4v) is 3.59. The molecule has 0 spiro atoms. The molecular weight excluding hydrogens is 378 g/mol.